The molecule has 1 aromatic carbocycles. The van der Waals surface area contributed by atoms with Crippen molar-refractivity contribution in [3.63, 3.8) is 0 Å². The maximum absolute atomic E-state index is 6.01. The van der Waals surface area contributed by atoms with E-state index in [0.717, 1.165) is 23.9 Å². The smallest absolute Gasteiger partial charge is 0.120 e. The number of ether oxygens (including phenoxy) is 1. The van der Waals surface area contributed by atoms with Gasteiger partial charge in [0.15, 0.2) is 0 Å². The van der Waals surface area contributed by atoms with Gasteiger partial charge in [-0.15, -0.1) is 0 Å². The summed E-state index contributed by atoms with van der Waals surface area (Å²) < 4.78 is 5.19. The minimum absolute atomic E-state index is 0.586. The lowest BCUT2D eigenvalue weighted by atomic mass is 9.98. The number of halogens is 1. The summed E-state index contributed by atoms with van der Waals surface area (Å²) in [7, 11) is 1.67. The Kier molecular flexibility index (Phi) is 2.94. The monoisotopic (exact) mass is 211 g/mol. The van der Waals surface area contributed by atoms with E-state index in [0.29, 0.717) is 5.92 Å². The van der Waals surface area contributed by atoms with E-state index < -0.39 is 0 Å². The Bertz CT molecular complexity index is 321. The van der Waals surface area contributed by atoms with Crippen molar-refractivity contribution in [2.24, 2.45) is 0 Å². The first-order chi connectivity index (χ1) is 6.79. The Balaban J connectivity index is 2.27. The number of benzene rings is 1. The van der Waals surface area contributed by atoms with Gasteiger partial charge < -0.3 is 10.1 Å². The molecule has 3 heteroatoms. The van der Waals surface area contributed by atoms with Gasteiger partial charge in [0, 0.05) is 11.6 Å². The van der Waals surface area contributed by atoms with Gasteiger partial charge in [-0.2, -0.15) is 0 Å². The van der Waals surface area contributed by atoms with E-state index in [1.54, 1.807) is 7.11 Å². The molecule has 0 saturated carbocycles. The highest BCUT2D eigenvalue weighted by atomic mass is 35.5. The summed E-state index contributed by atoms with van der Waals surface area (Å²) in [6, 6.07) is 5.94. The van der Waals surface area contributed by atoms with Gasteiger partial charge in [0.2, 0.25) is 0 Å². The highest BCUT2D eigenvalue weighted by Gasteiger charge is 2.17. The molecule has 1 aromatic rings. The second kappa shape index (κ2) is 4.20. The van der Waals surface area contributed by atoms with Crippen molar-refractivity contribution >= 4 is 11.6 Å². The molecule has 2 nitrogen and oxygen atoms in total. The van der Waals surface area contributed by atoms with Crippen molar-refractivity contribution in [1.29, 1.82) is 0 Å². The van der Waals surface area contributed by atoms with Gasteiger partial charge in [-0.25, -0.2) is 0 Å². The fraction of sp³-hybridized carbons (Fsp3) is 0.455. The number of rotatable bonds is 2. The van der Waals surface area contributed by atoms with E-state index in [9.17, 15) is 0 Å². The van der Waals surface area contributed by atoms with E-state index in [4.69, 9.17) is 16.3 Å². The average Bonchev–Trinajstić information content (AvgIpc) is 2.69. The molecule has 2 rings (SSSR count). The summed E-state index contributed by atoms with van der Waals surface area (Å²) in [6.45, 7) is 2.14. The Hall–Kier alpha value is -0.730. The summed E-state index contributed by atoms with van der Waals surface area (Å²) in [5, 5.41) is 4.10. The van der Waals surface area contributed by atoms with Crippen LogP contribution in [0.1, 0.15) is 17.9 Å². The Labute approximate surface area is 89.2 Å². The van der Waals surface area contributed by atoms with Gasteiger partial charge in [0.25, 0.3) is 0 Å². The zero-order chi connectivity index (χ0) is 9.97. The normalized spacial score (nSPS) is 21.1. The third-order valence-corrected chi connectivity index (χ3v) is 2.88. The van der Waals surface area contributed by atoms with Crippen LogP contribution >= 0.6 is 11.6 Å². The number of hydrogen-bond donors (Lipinski definition) is 1. The average molecular weight is 212 g/mol. The molecule has 0 aliphatic carbocycles. The van der Waals surface area contributed by atoms with Crippen LogP contribution < -0.4 is 10.1 Å². The van der Waals surface area contributed by atoms with Crippen molar-refractivity contribution in [1.82, 2.24) is 5.32 Å². The minimum atomic E-state index is 0.586. The molecule has 14 heavy (non-hydrogen) atoms. The highest BCUT2D eigenvalue weighted by molar-refractivity contribution is 6.30. The molecule has 0 amide bonds. The Morgan fingerprint density at radius 1 is 1.43 bits per heavy atom. The molecule has 1 saturated heterocycles. The maximum Gasteiger partial charge on any atom is 0.120 e. The Morgan fingerprint density at radius 3 is 2.93 bits per heavy atom. The summed E-state index contributed by atoms with van der Waals surface area (Å²) in [6.07, 6.45) is 1.18. The van der Waals surface area contributed by atoms with Crippen LogP contribution in [0.5, 0.6) is 5.75 Å². The van der Waals surface area contributed by atoms with Crippen LogP contribution in [0.3, 0.4) is 0 Å². The first-order valence-electron chi connectivity index (χ1n) is 4.85. The zero-order valence-corrected chi connectivity index (χ0v) is 8.97. The van der Waals surface area contributed by atoms with Gasteiger partial charge in [-0.1, -0.05) is 11.6 Å². The zero-order valence-electron chi connectivity index (χ0n) is 8.22. The molecule has 0 aromatic heterocycles. The van der Waals surface area contributed by atoms with Crippen molar-refractivity contribution in [3.8, 4) is 5.75 Å². The Morgan fingerprint density at radius 2 is 2.29 bits per heavy atom. The lowest BCUT2D eigenvalue weighted by Gasteiger charge is -2.11. The first-order valence-corrected chi connectivity index (χ1v) is 5.22. The van der Waals surface area contributed by atoms with Crippen LogP contribution in [0.4, 0.5) is 0 Å². The molecule has 0 radical (unpaired) electrons. The molecule has 1 heterocycles. The van der Waals surface area contributed by atoms with Gasteiger partial charge in [-0.05, 0) is 42.6 Å². The lowest BCUT2D eigenvalue weighted by Crippen LogP contribution is -2.08. The molecule has 1 N–H and O–H groups in total. The molecule has 1 aliphatic rings. The SMILES string of the molecule is COc1cc(Cl)cc(C2CCNC2)c1. The second-order valence-corrected chi connectivity index (χ2v) is 4.05. The quantitative estimate of drug-likeness (QED) is 0.812. The number of nitrogens with one attached hydrogen (secondary N) is 1. The van der Waals surface area contributed by atoms with Crippen LogP contribution in [-0.2, 0) is 0 Å². The van der Waals surface area contributed by atoms with Crippen LogP contribution in [0.15, 0.2) is 18.2 Å². The topological polar surface area (TPSA) is 21.3 Å². The molecule has 1 atom stereocenters. The summed E-state index contributed by atoms with van der Waals surface area (Å²) in [4.78, 5) is 0. The van der Waals surface area contributed by atoms with E-state index in [-0.39, 0.29) is 0 Å². The van der Waals surface area contributed by atoms with Crippen molar-refractivity contribution in [2.75, 3.05) is 20.2 Å². The predicted octanol–water partition coefficient (Wildman–Crippen LogP) is 2.43. The largest absolute Gasteiger partial charge is 0.497 e. The number of hydrogen-bond acceptors (Lipinski definition) is 2. The molecule has 76 valence electrons. The standard InChI is InChI=1S/C11H14ClNO/c1-14-11-5-9(4-10(12)6-11)8-2-3-13-7-8/h4-6,8,13H,2-3,7H2,1H3. The van der Waals surface area contributed by atoms with E-state index in [1.165, 1.54) is 12.0 Å². The van der Waals surface area contributed by atoms with Crippen LogP contribution in [0.2, 0.25) is 5.02 Å². The minimum Gasteiger partial charge on any atom is -0.497 e. The first kappa shape index (κ1) is 9.81. The summed E-state index contributed by atoms with van der Waals surface area (Å²) in [5.74, 6) is 1.43. The van der Waals surface area contributed by atoms with Gasteiger partial charge >= 0.3 is 0 Å². The third kappa shape index (κ3) is 2.02. The molecule has 0 spiro atoms. The summed E-state index contributed by atoms with van der Waals surface area (Å²) >= 11 is 6.01. The van der Waals surface area contributed by atoms with Crippen molar-refractivity contribution in [3.05, 3.63) is 28.8 Å². The van der Waals surface area contributed by atoms with Crippen LogP contribution in [0, 0.1) is 0 Å². The van der Waals surface area contributed by atoms with Gasteiger partial charge in [-0.3, -0.25) is 0 Å². The fourth-order valence-corrected chi connectivity index (χ4v) is 2.11. The van der Waals surface area contributed by atoms with Crippen LogP contribution in [0.25, 0.3) is 0 Å². The lowest BCUT2D eigenvalue weighted by molar-refractivity contribution is 0.414. The van der Waals surface area contributed by atoms with Crippen molar-refractivity contribution < 1.29 is 4.74 Å². The second-order valence-electron chi connectivity index (χ2n) is 3.61. The van der Waals surface area contributed by atoms with Gasteiger partial charge in [0.05, 0.1) is 7.11 Å². The fourth-order valence-electron chi connectivity index (χ4n) is 1.88. The van der Waals surface area contributed by atoms with Crippen LogP contribution in [-0.4, -0.2) is 20.2 Å². The molecule has 1 aliphatic heterocycles. The molecule has 1 unspecified atom stereocenters. The third-order valence-electron chi connectivity index (χ3n) is 2.66. The van der Waals surface area contributed by atoms with E-state index >= 15 is 0 Å². The highest BCUT2D eigenvalue weighted by Crippen LogP contribution is 2.29. The van der Waals surface area contributed by atoms with E-state index in [1.807, 2.05) is 12.1 Å². The molecule has 0 bridgehead atoms. The molecular formula is C11H14ClNO. The maximum atomic E-state index is 6.01. The molecular weight excluding hydrogens is 198 g/mol. The molecule has 1 fully saturated rings. The summed E-state index contributed by atoms with van der Waals surface area (Å²) in [5.41, 5.74) is 1.28. The predicted molar refractivity (Wildman–Crippen MR) is 58.2 cm³/mol. The van der Waals surface area contributed by atoms with Gasteiger partial charge in [0.1, 0.15) is 5.75 Å². The number of methoxy groups -OCH3 is 1. The van der Waals surface area contributed by atoms with E-state index in [2.05, 4.69) is 11.4 Å². The van der Waals surface area contributed by atoms with Crippen molar-refractivity contribution in [2.45, 2.75) is 12.3 Å².